The van der Waals surface area contributed by atoms with Crippen LogP contribution < -0.4 is 5.73 Å². The van der Waals surface area contributed by atoms with Crippen LogP contribution in [-0.4, -0.2) is 12.1 Å². The molecule has 0 aromatic carbocycles. The average molecular weight is 253 g/mol. The van der Waals surface area contributed by atoms with E-state index in [4.69, 9.17) is 10.5 Å². The third-order valence-corrected chi connectivity index (χ3v) is 2.64. The van der Waals surface area contributed by atoms with Crippen LogP contribution in [0.1, 0.15) is 29.1 Å². The number of halogens is 3. The first-order valence-corrected chi connectivity index (χ1v) is 5.26. The lowest BCUT2D eigenvalue weighted by molar-refractivity contribution is -0.136. The summed E-state index contributed by atoms with van der Waals surface area (Å²) in [5, 5.41) is 0.812. The van der Waals surface area contributed by atoms with Crippen molar-refractivity contribution >= 4 is 23.0 Å². The average Bonchev–Trinajstić information content (AvgIpc) is 2.44. The zero-order chi connectivity index (χ0) is 12.5. The summed E-state index contributed by atoms with van der Waals surface area (Å²) in [5.74, 6) is -0.826. The highest BCUT2D eigenvalue weighted by Crippen LogP contribution is 2.38. The molecule has 0 amide bonds. The quantitative estimate of drug-likeness (QED) is 0.824. The Bertz CT molecular complexity index is 398. The lowest BCUT2D eigenvalue weighted by Gasteiger charge is -2.08. The van der Waals surface area contributed by atoms with Gasteiger partial charge >= 0.3 is 12.1 Å². The molecular formula is C9H10F3NO2S. The molecule has 0 aliphatic carbocycles. The van der Waals surface area contributed by atoms with Crippen LogP contribution in [0, 0.1) is 0 Å². The summed E-state index contributed by atoms with van der Waals surface area (Å²) >= 11 is 0.634. The molecular weight excluding hydrogens is 243 g/mol. The monoisotopic (exact) mass is 253 g/mol. The molecule has 0 atom stereocenters. The predicted molar refractivity (Wildman–Crippen MR) is 54.3 cm³/mol. The number of nitrogen functional groups attached to an aromatic ring is 1. The molecule has 2 N–H and O–H groups in total. The van der Waals surface area contributed by atoms with E-state index in [0.29, 0.717) is 11.3 Å². The molecule has 7 heteroatoms. The lowest BCUT2D eigenvalue weighted by Crippen LogP contribution is -2.13. The van der Waals surface area contributed by atoms with Crippen LogP contribution in [0.4, 0.5) is 18.9 Å². The van der Waals surface area contributed by atoms with Crippen molar-refractivity contribution < 1.29 is 22.7 Å². The molecule has 0 aliphatic heterocycles. The summed E-state index contributed by atoms with van der Waals surface area (Å²) < 4.78 is 41.9. The Kier molecular flexibility index (Phi) is 3.47. The largest absolute Gasteiger partial charge is 0.459 e. The molecule has 0 spiro atoms. The summed E-state index contributed by atoms with van der Waals surface area (Å²) in [5.41, 5.74) is 3.70. The van der Waals surface area contributed by atoms with E-state index in [1.807, 2.05) is 0 Å². The first-order chi connectivity index (χ1) is 7.23. The number of alkyl halides is 3. The third kappa shape index (κ3) is 2.66. The second-order valence-electron chi connectivity index (χ2n) is 3.34. The van der Waals surface area contributed by atoms with Gasteiger partial charge in [0.15, 0.2) is 0 Å². The standard InChI is InChI=1S/C9H10F3NO2S/c1-4(2)15-8(14)7-6(13)5(3-16-7)9(10,11)12/h3-4H,13H2,1-2H3. The van der Waals surface area contributed by atoms with Gasteiger partial charge in [0, 0.05) is 5.38 Å². The number of ether oxygens (including phenoxy) is 1. The van der Waals surface area contributed by atoms with Crippen molar-refractivity contribution in [1.82, 2.24) is 0 Å². The van der Waals surface area contributed by atoms with Crippen molar-refractivity contribution in [3.05, 3.63) is 15.8 Å². The van der Waals surface area contributed by atoms with E-state index < -0.39 is 29.5 Å². The molecule has 1 rings (SSSR count). The SMILES string of the molecule is CC(C)OC(=O)c1scc(C(F)(F)F)c1N. The maximum Gasteiger partial charge on any atom is 0.419 e. The summed E-state index contributed by atoms with van der Waals surface area (Å²) in [6.45, 7) is 3.21. The van der Waals surface area contributed by atoms with Crippen LogP contribution in [0.2, 0.25) is 0 Å². The number of anilines is 1. The first-order valence-electron chi connectivity index (χ1n) is 4.38. The Morgan fingerprint density at radius 1 is 1.50 bits per heavy atom. The van der Waals surface area contributed by atoms with Crippen molar-refractivity contribution in [3.63, 3.8) is 0 Å². The van der Waals surface area contributed by atoms with Gasteiger partial charge in [0.2, 0.25) is 0 Å². The van der Waals surface area contributed by atoms with Gasteiger partial charge in [0.25, 0.3) is 0 Å². The normalized spacial score (nSPS) is 11.9. The molecule has 1 aromatic heterocycles. The third-order valence-electron chi connectivity index (χ3n) is 1.66. The molecule has 0 saturated carbocycles. The molecule has 0 bridgehead atoms. The van der Waals surface area contributed by atoms with E-state index in [9.17, 15) is 18.0 Å². The molecule has 0 fully saturated rings. The van der Waals surface area contributed by atoms with Crippen molar-refractivity contribution in [2.75, 3.05) is 5.73 Å². The van der Waals surface area contributed by atoms with Gasteiger partial charge in [-0.05, 0) is 13.8 Å². The summed E-state index contributed by atoms with van der Waals surface area (Å²) in [6, 6.07) is 0. The molecule has 90 valence electrons. The number of carbonyl (C=O) groups is 1. The number of esters is 1. The van der Waals surface area contributed by atoms with E-state index >= 15 is 0 Å². The number of hydrogen-bond donors (Lipinski definition) is 1. The van der Waals surface area contributed by atoms with E-state index in [1.54, 1.807) is 13.8 Å². The predicted octanol–water partition coefficient (Wildman–Crippen LogP) is 2.91. The number of hydrogen-bond acceptors (Lipinski definition) is 4. The van der Waals surface area contributed by atoms with Crippen molar-refractivity contribution in [3.8, 4) is 0 Å². The van der Waals surface area contributed by atoms with E-state index in [-0.39, 0.29) is 4.88 Å². The second-order valence-corrected chi connectivity index (χ2v) is 4.22. The van der Waals surface area contributed by atoms with Gasteiger partial charge in [-0.2, -0.15) is 13.2 Å². The number of rotatable bonds is 2. The van der Waals surface area contributed by atoms with Crippen molar-refractivity contribution in [2.45, 2.75) is 26.1 Å². The molecule has 0 radical (unpaired) electrons. The lowest BCUT2D eigenvalue weighted by atomic mass is 10.2. The van der Waals surface area contributed by atoms with Gasteiger partial charge in [-0.15, -0.1) is 11.3 Å². The summed E-state index contributed by atoms with van der Waals surface area (Å²) in [4.78, 5) is 11.1. The maximum atomic E-state index is 12.4. The molecule has 3 nitrogen and oxygen atoms in total. The Hall–Kier alpha value is -1.24. The van der Waals surface area contributed by atoms with Crippen molar-refractivity contribution in [1.29, 1.82) is 0 Å². The molecule has 0 aliphatic rings. The molecule has 16 heavy (non-hydrogen) atoms. The van der Waals surface area contributed by atoms with Crippen LogP contribution in [-0.2, 0) is 10.9 Å². The van der Waals surface area contributed by atoms with Crippen LogP contribution in [0.25, 0.3) is 0 Å². The van der Waals surface area contributed by atoms with Gasteiger partial charge in [-0.3, -0.25) is 0 Å². The Balaban J connectivity index is 3.01. The van der Waals surface area contributed by atoms with Gasteiger partial charge in [0.05, 0.1) is 17.4 Å². The summed E-state index contributed by atoms with van der Waals surface area (Å²) in [7, 11) is 0. The minimum absolute atomic E-state index is 0.207. The van der Waals surface area contributed by atoms with E-state index in [0.717, 1.165) is 5.38 Å². The highest BCUT2D eigenvalue weighted by molar-refractivity contribution is 7.12. The number of nitrogens with two attached hydrogens (primary N) is 1. The zero-order valence-electron chi connectivity index (χ0n) is 8.59. The summed E-state index contributed by atoms with van der Waals surface area (Å²) in [6.07, 6.45) is -4.94. The van der Waals surface area contributed by atoms with E-state index in [2.05, 4.69) is 0 Å². The zero-order valence-corrected chi connectivity index (χ0v) is 9.41. The second kappa shape index (κ2) is 4.32. The van der Waals surface area contributed by atoms with Crippen LogP contribution in [0.3, 0.4) is 0 Å². The van der Waals surface area contributed by atoms with E-state index in [1.165, 1.54) is 0 Å². The van der Waals surface area contributed by atoms with Gasteiger partial charge in [-0.1, -0.05) is 0 Å². The van der Waals surface area contributed by atoms with Crippen molar-refractivity contribution in [2.24, 2.45) is 0 Å². The number of thiophene rings is 1. The van der Waals surface area contributed by atoms with Crippen LogP contribution in [0.5, 0.6) is 0 Å². The number of carbonyl (C=O) groups excluding carboxylic acids is 1. The minimum atomic E-state index is -4.54. The highest BCUT2D eigenvalue weighted by atomic mass is 32.1. The Morgan fingerprint density at radius 3 is 2.44 bits per heavy atom. The smallest absolute Gasteiger partial charge is 0.419 e. The fraction of sp³-hybridized carbons (Fsp3) is 0.444. The van der Waals surface area contributed by atoms with Gasteiger partial charge in [-0.25, -0.2) is 4.79 Å². The fourth-order valence-corrected chi connectivity index (χ4v) is 1.89. The fourth-order valence-electron chi connectivity index (χ4n) is 1.01. The Labute approximate surface area is 94.0 Å². The van der Waals surface area contributed by atoms with Crippen LogP contribution >= 0.6 is 11.3 Å². The molecule has 1 aromatic rings. The van der Waals surface area contributed by atoms with Gasteiger partial charge in [0.1, 0.15) is 4.88 Å². The maximum absolute atomic E-state index is 12.4. The molecule has 0 saturated heterocycles. The topological polar surface area (TPSA) is 52.3 Å². The molecule has 1 heterocycles. The Morgan fingerprint density at radius 2 is 2.06 bits per heavy atom. The first kappa shape index (κ1) is 12.8. The van der Waals surface area contributed by atoms with Gasteiger partial charge < -0.3 is 10.5 Å². The highest BCUT2D eigenvalue weighted by Gasteiger charge is 2.36. The minimum Gasteiger partial charge on any atom is -0.459 e. The molecule has 0 unspecified atom stereocenters. The van der Waals surface area contributed by atoms with Crippen LogP contribution in [0.15, 0.2) is 5.38 Å².